The molecule has 1 N–H and O–H groups in total. The molecule has 20 heavy (non-hydrogen) atoms. The van der Waals surface area contributed by atoms with E-state index in [-0.39, 0.29) is 12.5 Å². The first-order chi connectivity index (χ1) is 9.20. The van der Waals surface area contributed by atoms with E-state index in [1.54, 1.807) is 24.3 Å². The zero-order valence-electron chi connectivity index (χ0n) is 11.8. The van der Waals surface area contributed by atoms with E-state index in [4.69, 9.17) is 0 Å². The molecule has 0 atom stereocenters. The lowest BCUT2D eigenvalue weighted by molar-refractivity contribution is -0.119. The van der Waals surface area contributed by atoms with Crippen LogP contribution in [0.5, 0.6) is 0 Å². The van der Waals surface area contributed by atoms with Crippen LogP contribution in [0, 0.1) is 9.49 Å². The second kappa shape index (κ2) is 7.26. The lowest BCUT2D eigenvalue weighted by atomic mass is 10.2. The van der Waals surface area contributed by atoms with Gasteiger partial charge in [0.25, 0.3) is 0 Å². The number of carbonyl (C=O) groups is 1. The Kier molecular flexibility index (Phi) is 6.25. The van der Waals surface area contributed by atoms with E-state index in [1.165, 1.54) is 0 Å². The molecule has 0 heterocycles. The van der Waals surface area contributed by atoms with Gasteiger partial charge in [0.15, 0.2) is 0 Å². The Morgan fingerprint density at radius 2 is 1.85 bits per heavy atom. The minimum atomic E-state index is -3.49. The zero-order valence-corrected chi connectivity index (χ0v) is 14.7. The predicted octanol–water partition coefficient (Wildman–Crippen LogP) is 1.83. The highest BCUT2D eigenvalue weighted by molar-refractivity contribution is 14.1. The van der Waals surface area contributed by atoms with Crippen LogP contribution >= 0.6 is 22.6 Å². The number of anilines is 1. The van der Waals surface area contributed by atoms with Crippen molar-refractivity contribution < 1.29 is 13.2 Å². The quantitative estimate of drug-likeness (QED) is 0.728. The summed E-state index contributed by atoms with van der Waals surface area (Å²) in [6.07, 6.45) is 1.10. The number of nitrogens with one attached hydrogen (secondary N) is 1. The fraction of sp³-hybridized carbons (Fsp3) is 0.462. The van der Waals surface area contributed by atoms with Crippen molar-refractivity contribution in [1.29, 1.82) is 0 Å². The van der Waals surface area contributed by atoms with Crippen LogP contribution in [0.15, 0.2) is 24.3 Å². The van der Waals surface area contributed by atoms with Gasteiger partial charge in [0.05, 0.1) is 11.9 Å². The van der Waals surface area contributed by atoms with Crippen LogP contribution in [0.1, 0.15) is 13.8 Å². The normalized spacial score (nSPS) is 11.4. The Morgan fingerprint density at radius 1 is 1.30 bits per heavy atom. The second-order valence-corrected chi connectivity index (χ2v) is 8.10. The van der Waals surface area contributed by atoms with Gasteiger partial charge in [-0.25, -0.2) is 8.42 Å². The first-order valence-corrected chi connectivity index (χ1v) is 9.13. The van der Waals surface area contributed by atoms with Crippen molar-refractivity contribution in [3.8, 4) is 0 Å². The third kappa shape index (κ3) is 5.66. The summed E-state index contributed by atoms with van der Waals surface area (Å²) in [7, 11) is -3.49. The molecular formula is C13H19IN2O3S. The maximum Gasteiger partial charge on any atom is 0.240 e. The van der Waals surface area contributed by atoms with Gasteiger partial charge in [0, 0.05) is 10.1 Å². The lowest BCUT2D eigenvalue weighted by Crippen LogP contribution is -2.41. The van der Waals surface area contributed by atoms with Crippen molar-refractivity contribution in [1.82, 2.24) is 5.32 Å². The molecule has 0 saturated heterocycles. The van der Waals surface area contributed by atoms with Crippen molar-refractivity contribution in [2.45, 2.75) is 13.8 Å². The van der Waals surface area contributed by atoms with Gasteiger partial charge in [-0.15, -0.1) is 0 Å². The molecule has 0 aliphatic carbocycles. The Morgan fingerprint density at radius 3 is 2.30 bits per heavy atom. The standard InChI is InChI=1S/C13H19IN2O3S/c1-10(2)8-15-13(17)9-16(20(3,18)19)12-6-4-11(14)5-7-12/h4-7,10H,8-9H2,1-3H3,(H,15,17). The largest absolute Gasteiger partial charge is 0.354 e. The van der Waals surface area contributed by atoms with Crippen LogP contribution in [0.2, 0.25) is 0 Å². The predicted molar refractivity (Wildman–Crippen MR) is 89.2 cm³/mol. The Bertz CT molecular complexity index is 555. The summed E-state index contributed by atoms with van der Waals surface area (Å²) in [5.74, 6) is 0.0200. The highest BCUT2D eigenvalue weighted by Gasteiger charge is 2.20. The highest BCUT2D eigenvalue weighted by Crippen LogP contribution is 2.18. The van der Waals surface area contributed by atoms with E-state index in [9.17, 15) is 13.2 Å². The molecule has 0 aliphatic rings. The number of rotatable bonds is 6. The van der Waals surface area contributed by atoms with Crippen molar-refractivity contribution in [2.24, 2.45) is 5.92 Å². The van der Waals surface area contributed by atoms with Gasteiger partial charge in [0.1, 0.15) is 6.54 Å². The average molecular weight is 410 g/mol. The number of carbonyl (C=O) groups excluding carboxylic acids is 1. The molecule has 0 aliphatic heterocycles. The molecule has 0 bridgehead atoms. The van der Waals surface area contributed by atoms with E-state index in [2.05, 4.69) is 27.9 Å². The average Bonchev–Trinajstić information content (AvgIpc) is 2.33. The van der Waals surface area contributed by atoms with Crippen molar-refractivity contribution in [3.05, 3.63) is 27.8 Å². The molecule has 1 amide bonds. The van der Waals surface area contributed by atoms with Crippen molar-refractivity contribution >= 4 is 44.2 Å². The minimum Gasteiger partial charge on any atom is -0.354 e. The van der Waals surface area contributed by atoms with Crippen LogP contribution in [-0.4, -0.2) is 33.7 Å². The molecule has 5 nitrogen and oxygen atoms in total. The van der Waals surface area contributed by atoms with Crippen LogP contribution < -0.4 is 9.62 Å². The number of nitrogens with zero attached hydrogens (tertiary/aromatic N) is 1. The SMILES string of the molecule is CC(C)CNC(=O)CN(c1ccc(I)cc1)S(C)(=O)=O. The molecule has 0 aromatic heterocycles. The molecule has 1 aromatic carbocycles. The number of sulfonamides is 1. The molecule has 1 aromatic rings. The van der Waals surface area contributed by atoms with Crippen LogP contribution in [-0.2, 0) is 14.8 Å². The van der Waals surface area contributed by atoms with Gasteiger partial charge in [-0.1, -0.05) is 13.8 Å². The third-order valence-electron chi connectivity index (χ3n) is 2.51. The van der Waals surface area contributed by atoms with Gasteiger partial charge < -0.3 is 5.32 Å². The zero-order chi connectivity index (χ0) is 15.3. The Labute approximate surface area is 133 Å². The molecule has 0 saturated carbocycles. The fourth-order valence-corrected chi connectivity index (χ4v) is 2.73. The van der Waals surface area contributed by atoms with Crippen molar-refractivity contribution in [2.75, 3.05) is 23.7 Å². The summed E-state index contributed by atoms with van der Waals surface area (Å²) in [5, 5.41) is 2.72. The third-order valence-corrected chi connectivity index (χ3v) is 4.37. The molecular weight excluding hydrogens is 391 g/mol. The van der Waals surface area contributed by atoms with E-state index in [0.29, 0.717) is 18.2 Å². The first-order valence-electron chi connectivity index (χ1n) is 6.20. The summed E-state index contributed by atoms with van der Waals surface area (Å²) in [6.45, 7) is 4.29. The van der Waals surface area contributed by atoms with Gasteiger partial charge in [-0.3, -0.25) is 9.10 Å². The minimum absolute atomic E-state index is 0.202. The van der Waals surface area contributed by atoms with E-state index >= 15 is 0 Å². The monoisotopic (exact) mass is 410 g/mol. The smallest absolute Gasteiger partial charge is 0.240 e. The van der Waals surface area contributed by atoms with Gasteiger partial charge in [0.2, 0.25) is 15.9 Å². The van der Waals surface area contributed by atoms with Gasteiger partial charge >= 0.3 is 0 Å². The van der Waals surface area contributed by atoms with Crippen molar-refractivity contribution in [3.63, 3.8) is 0 Å². The fourth-order valence-electron chi connectivity index (χ4n) is 1.51. The Balaban J connectivity index is 2.87. The molecule has 7 heteroatoms. The topological polar surface area (TPSA) is 66.5 Å². The highest BCUT2D eigenvalue weighted by atomic mass is 127. The van der Waals surface area contributed by atoms with Gasteiger partial charge in [-0.2, -0.15) is 0 Å². The Hall–Kier alpha value is -0.830. The first kappa shape index (κ1) is 17.2. The van der Waals surface area contributed by atoms with E-state index in [1.807, 2.05) is 13.8 Å². The molecule has 0 fully saturated rings. The van der Waals surface area contributed by atoms with E-state index in [0.717, 1.165) is 14.1 Å². The number of hydrogen-bond acceptors (Lipinski definition) is 3. The molecule has 0 radical (unpaired) electrons. The summed E-state index contributed by atoms with van der Waals surface area (Å²) in [4.78, 5) is 11.8. The van der Waals surface area contributed by atoms with E-state index < -0.39 is 10.0 Å². The molecule has 0 spiro atoms. The lowest BCUT2D eigenvalue weighted by Gasteiger charge is -2.22. The maximum absolute atomic E-state index is 11.8. The van der Waals surface area contributed by atoms with Crippen LogP contribution in [0.25, 0.3) is 0 Å². The number of amides is 1. The van der Waals surface area contributed by atoms with Gasteiger partial charge in [-0.05, 0) is 52.8 Å². The summed E-state index contributed by atoms with van der Waals surface area (Å²) < 4.78 is 25.8. The molecule has 112 valence electrons. The second-order valence-electron chi connectivity index (χ2n) is 4.94. The molecule has 1 rings (SSSR count). The van der Waals surface area contributed by atoms with Crippen LogP contribution in [0.4, 0.5) is 5.69 Å². The number of hydrogen-bond donors (Lipinski definition) is 1. The molecule has 0 unspecified atom stereocenters. The summed E-state index contributed by atoms with van der Waals surface area (Å²) in [5.41, 5.74) is 0.493. The summed E-state index contributed by atoms with van der Waals surface area (Å²) >= 11 is 2.14. The maximum atomic E-state index is 11.8. The number of halogens is 1. The summed E-state index contributed by atoms with van der Waals surface area (Å²) in [6, 6.07) is 7.00. The van der Waals surface area contributed by atoms with Crippen LogP contribution in [0.3, 0.4) is 0 Å². The number of benzene rings is 1.